The molecule has 0 spiro atoms. The molecule has 1 aliphatic rings. The van der Waals surface area contributed by atoms with Gasteiger partial charge in [0.05, 0.1) is 18.8 Å². The van der Waals surface area contributed by atoms with E-state index < -0.39 is 0 Å². The number of nitrogens with zero attached hydrogens (tertiary/aromatic N) is 5. The summed E-state index contributed by atoms with van der Waals surface area (Å²) in [6, 6.07) is 9.15. The Morgan fingerprint density at radius 1 is 1.19 bits per heavy atom. The predicted molar refractivity (Wildman–Crippen MR) is 97.6 cm³/mol. The van der Waals surface area contributed by atoms with Crippen LogP contribution in [0, 0.1) is 0 Å². The number of aromatic nitrogens is 4. The number of rotatable bonds is 5. The zero-order valence-corrected chi connectivity index (χ0v) is 15.1. The van der Waals surface area contributed by atoms with Crippen molar-refractivity contribution in [3.05, 3.63) is 48.5 Å². The van der Waals surface area contributed by atoms with Crippen molar-refractivity contribution in [3.8, 4) is 11.5 Å². The average molecular weight is 367 g/mol. The van der Waals surface area contributed by atoms with Gasteiger partial charge in [-0.3, -0.25) is 4.79 Å². The van der Waals surface area contributed by atoms with E-state index in [1.54, 1.807) is 23.9 Å². The number of piperidine rings is 1. The first kappa shape index (κ1) is 17.3. The molecule has 1 aromatic carbocycles. The van der Waals surface area contributed by atoms with Gasteiger partial charge in [0.1, 0.15) is 6.33 Å². The van der Waals surface area contributed by atoms with Gasteiger partial charge in [0, 0.05) is 12.7 Å². The molecule has 3 heterocycles. The first-order valence-corrected chi connectivity index (χ1v) is 8.98. The summed E-state index contributed by atoms with van der Waals surface area (Å²) < 4.78 is 12.7. The number of likely N-dealkylation sites (tertiary alicyclic amines) is 1. The molecule has 0 aliphatic carbocycles. The largest absolute Gasteiger partial charge is 0.493 e. The van der Waals surface area contributed by atoms with E-state index in [4.69, 9.17) is 9.47 Å². The highest BCUT2D eigenvalue weighted by atomic mass is 16.5. The van der Waals surface area contributed by atoms with Gasteiger partial charge < -0.3 is 14.4 Å². The summed E-state index contributed by atoms with van der Waals surface area (Å²) in [5.74, 6) is 1.65. The third-order valence-corrected chi connectivity index (χ3v) is 4.79. The van der Waals surface area contributed by atoms with Crippen molar-refractivity contribution in [1.82, 2.24) is 24.5 Å². The van der Waals surface area contributed by atoms with Crippen LogP contribution in [-0.2, 0) is 4.79 Å². The monoisotopic (exact) mass is 367 g/mol. The summed E-state index contributed by atoms with van der Waals surface area (Å²) in [6.07, 6.45) is 6.09. The van der Waals surface area contributed by atoms with E-state index in [-0.39, 0.29) is 18.6 Å². The lowest BCUT2D eigenvalue weighted by atomic mass is 9.99. The number of carbonyl (C=O) groups is 1. The molecule has 8 heteroatoms. The summed E-state index contributed by atoms with van der Waals surface area (Å²) in [5, 5.41) is 4.26. The molecule has 1 atom stereocenters. The van der Waals surface area contributed by atoms with Crippen molar-refractivity contribution in [3.63, 3.8) is 0 Å². The Morgan fingerprint density at radius 2 is 2.04 bits per heavy atom. The van der Waals surface area contributed by atoms with Gasteiger partial charge in [0.25, 0.3) is 11.7 Å². The van der Waals surface area contributed by atoms with Gasteiger partial charge in [0.15, 0.2) is 18.1 Å². The number of ether oxygens (including phenoxy) is 2. The van der Waals surface area contributed by atoms with Crippen LogP contribution in [0.25, 0.3) is 5.78 Å². The van der Waals surface area contributed by atoms with E-state index in [1.807, 2.05) is 29.2 Å². The SMILES string of the molecule is COc1ccccc1OCC(=O)N1CCCC[C@H]1c1ccnc2ncnn12. The Labute approximate surface area is 156 Å². The molecule has 1 saturated heterocycles. The van der Waals surface area contributed by atoms with Crippen molar-refractivity contribution in [1.29, 1.82) is 0 Å². The lowest BCUT2D eigenvalue weighted by Gasteiger charge is -2.35. The zero-order valence-electron chi connectivity index (χ0n) is 15.1. The highest BCUT2D eigenvalue weighted by molar-refractivity contribution is 5.78. The average Bonchev–Trinajstić information content (AvgIpc) is 3.21. The van der Waals surface area contributed by atoms with Gasteiger partial charge in [-0.25, -0.2) is 4.98 Å². The molecule has 2 aromatic heterocycles. The highest BCUT2D eigenvalue weighted by Gasteiger charge is 2.30. The third kappa shape index (κ3) is 3.42. The van der Waals surface area contributed by atoms with Gasteiger partial charge in [0.2, 0.25) is 0 Å². The van der Waals surface area contributed by atoms with Crippen LogP contribution >= 0.6 is 0 Å². The minimum atomic E-state index is -0.0697. The Morgan fingerprint density at radius 3 is 2.89 bits per heavy atom. The van der Waals surface area contributed by atoms with Gasteiger partial charge >= 0.3 is 0 Å². The molecule has 1 amide bonds. The minimum Gasteiger partial charge on any atom is -0.493 e. The smallest absolute Gasteiger partial charge is 0.261 e. The fourth-order valence-corrected chi connectivity index (χ4v) is 3.51. The molecule has 1 aliphatic heterocycles. The van der Waals surface area contributed by atoms with Gasteiger partial charge in [-0.05, 0) is 37.5 Å². The summed E-state index contributed by atoms with van der Waals surface area (Å²) in [7, 11) is 1.58. The summed E-state index contributed by atoms with van der Waals surface area (Å²) in [4.78, 5) is 23.1. The standard InChI is InChI=1S/C19H21N5O3/c1-26-16-7-2-3-8-17(16)27-12-18(25)23-11-5-4-6-14(23)15-9-10-20-19-21-13-22-24(15)19/h2-3,7-10,13-14H,4-6,11-12H2,1H3/t14-/m0/s1. The first-order valence-electron chi connectivity index (χ1n) is 8.98. The summed E-state index contributed by atoms with van der Waals surface area (Å²) in [5.41, 5.74) is 0.919. The quantitative estimate of drug-likeness (QED) is 0.688. The fraction of sp³-hybridized carbons (Fsp3) is 0.368. The maximum Gasteiger partial charge on any atom is 0.261 e. The number of hydrogen-bond acceptors (Lipinski definition) is 6. The Kier molecular flexibility index (Phi) is 4.86. The fourth-order valence-electron chi connectivity index (χ4n) is 3.51. The number of carbonyl (C=O) groups excluding carboxylic acids is 1. The molecule has 4 rings (SSSR count). The van der Waals surface area contributed by atoms with Crippen LogP contribution in [0.4, 0.5) is 0 Å². The van der Waals surface area contributed by atoms with Crippen LogP contribution in [0.1, 0.15) is 31.0 Å². The molecule has 27 heavy (non-hydrogen) atoms. The number of benzene rings is 1. The normalized spacial score (nSPS) is 17.1. The minimum absolute atomic E-state index is 0.0392. The van der Waals surface area contributed by atoms with Crippen molar-refractivity contribution < 1.29 is 14.3 Å². The number of amides is 1. The molecule has 0 unspecified atom stereocenters. The lowest BCUT2D eigenvalue weighted by Crippen LogP contribution is -2.41. The lowest BCUT2D eigenvalue weighted by molar-refractivity contribution is -0.137. The molecule has 3 aromatic rings. The molecule has 1 fully saturated rings. The maximum absolute atomic E-state index is 12.9. The predicted octanol–water partition coefficient (Wildman–Crippen LogP) is 2.27. The second kappa shape index (κ2) is 7.61. The maximum atomic E-state index is 12.9. The van der Waals surface area contributed by atoms with Crippen LogP contribution in [-0.4, -0.2) is 50.7 Å². The second-order valence-electron chi connectivity index (χ2n) is 6.38. The molecule has 140 valence electrons. The van der Waals surface area contributed by atoms with E-state index >= 15 is 0 Å². The van der Waals surface area contributed by atoms with Crippen molar-refractivity contribution in [2.75, 3.05) is 20.3 Å². The summed E-state index contributed by atoms with van der Waals surface area (Å²) in [6.45, 7) is 0.653. The van der Waals surface area contributed by atoms with Gasteiger partial charge in [-0.2, -0.15) is 14.6 Å². The summed E-state index contributed by atoms with van der Waals surface area (Å²) >= 11 is 0. The van der Waals surface area contributed by atoms with Gasteiger partial charge in [-0.15, -0.1) is 0 Å². The van der Waals surface area contributed by atoms with Crippen LogP contribution in [0.3, 0.4) is 0 Å². The Hall–Kier alpha value is -3.16. The zero-order chi connectivity index (χ0) is 18.6. The Balaban J connectivity index is 1.54. The van der Waals surface area contributed by atoms with Gasteiger partial charge in [-0.1, -0.05) is 12.1 Å². The topological polar surface area (TPSA) is 81.9 Å². The number of para-hydroxylation sites is 2. The van der Waals surface area contributed by atoms with Crippen molar-refractivity contribution in [2.24, 2.45) is 0 Å². The second-order valence-corrected chi connectivity index (χ2v) is 6.38. The number of methoxy groups -OCH3 is 1. The third-order valence-electron chi connectivity index (χ3n) is 4.79. The molecule has 0 saturated carbocycles. The highest BCUT2D eigenvalue weighted by Crippen LogP contribution is 2.31. The molecular formula is C19H21N5O3. The Bertz CT molecular complexity index is 942. The van der Waals surface area contributed by atoms with E-state index in [0.717, 1.165) is 25.0 Å². The van der Waals surface area contributed by atoms with Crippen molar-refractivity contribution >= 4 is 11.7 Å². The molecule has 8 nitrogen and oxygen atoms in total. The van der Waals surface area contributed by atoms with E-state index in [1.165, 1.54) is 6.33 Å². The van der Waals surface area contributed by atoms with E-state index in [9.17, 15) is 4.79 Å². The van der Waals surface area contributed by atoms with E-state index in [0.29, 0.717) is 23.8 Å². The number of fused-ring (bicyclic) bond motifs is 1. The van der Waals surface area contributed by atoms with E-state index in [2.05, 4.69) is 15.1 Å². The molecule has 0 N–H and O–H groups in total. The van der Waals surface area contributed by atoms with Crippen molar-refractivity contribution in [2.45, 2.75) is 25.3 Å². The first-order chi connectivity index (χ1) is 13.3. The molecule has 0 radical (unpaired) electrons. The van der Waals surface area contributed by atoms with Crippen LogP contribution in [0.15, 0.2) is 42.9 Å². The molecule has 0 bridgehead atoms. The van der Waals surface area contributed by atoms with Crippen LogP contribution in [0.5, 0.6) is 11.5 Å². The number of hydrogen-bond donors (Lipinski definition) is 0. The van der Waals surface area contributed by atoms with Crippen LogP contribution in [0.2, 0.25) is 0 Å². The molecular weight excluding hydrogens is 346 g/mol. The van der Waals surface area contributed by atoms with Crippen LogP contribution < -0.4 is 9.47 Å².